The van der Waals surface area contributed by atoms with Gasteiger partial charge in [-0.2, -0.15) is 5.26 Å². The Morgan fingerprint density at radius 1 is 1.00 bits per heavy atom. The minimum absolute atomic E-state index is 0.505. The summed E-state index contributed by atoms with van der Waals surface area (Å²) >= 11 is 1.19. The quantitative estimate of drug-likeness (QED) is 0.697. The van der Waals surface area contributed by atoms with Crippen LogP contribution in [-0.4, -0.2) is 4.98 Å². The summed E-state index contributed by atoms with van der Waals surface area (Å²) in [6.07, 6.45) is 0. The van der Waals surface area contributed by atoms with Crippen molar-refractivity contribution in [2.75, 3.05) is 0 Å². The van der Waals surface area contributed by atoms with Gasteiger partial charge in [-0.3, -0.25) is 0 Å². The maximum absolute atomic E-state index is 13.2. The van der Waals surface area contributed by atoms with Gasteiger partial charge in [0, 0.05) is 10.3 Å². The highest BCUT2D eigenvalue weighted by Gasteiger charge is 2.08. The fraction of sp³-hybridized carbons (Fsp3) is 0. The first-order chi connectivity index (χ1) is 10.2. The van der Waals surface area contributed by atoms with Crippen LogP contribution in [0.1, 0.15) is 5.56 Å². The van der Waals surface area contributed by atoms with Crippen molar-refractivity contribution < 1.29 is 8.78 Å². The van der Waals surface area contributed by atoms with E-state index >= 15 is 0 Å². The molecule has 1 heterocycles. The van der Waals surface area contributed by atoms with Crippen LogP contribution in [0.2, 0.25) is 0 Å². The second-order valence-corrected chi connectivity index (χ2v) is 5.41. The molecule has 0 fully saturated rings. The Morgan fingerprint density at radius 2 is 1.81 bits per heavy atom. The number of nitrogens with zero attached hydrogens (tertiary/aromatic N) is 2. The molecule has 21 heavy (non-hydrogen) atoms. The lowest BCUT2D eigenvalue weighted by Crippen LogP contribution is -1.88. The summed E-state index contributed by atoms with van der Waals surface area (Å²) in [5.74, 6) is -1.79. The number of hydrogen-bond acceptors (Lipinski definition) is 3. The third-order valence-electron chi connectivity index (χ3n) is 2.93. The van der Waals surface area contributed by atoms with E-state index in [1.165, 1.54) is 17.8 Å². The minimum Gasteiger partial charge on any atom is -0.241 e. The Bertz CT molecular complexity index is 872. The third kappa shape index (κ3) is 2.71. The summed E-state index contributed by atoms with van der Waals surface area (Å²) < 4.78 is 26.1. The molecule has 2 nitrogen and oxygen atoms in total. The van der Waals surface area contributed by atoms with Gasteiger partial charge in [0.2, 0.25) is 0 Å². The number of halogens is 2. The Hall–Kier alpha value is -2.45. The molecule has 0 radical (unpaired) electrons. The van der Waals surface area contributed by atoms with Crippen molar-refractivity contribution in [1.82, 2.24) is 4.98 Å². The average molecular weight is 298 g/mol. The second-order valence-electron chi connectivity index (χ2n) is 4.31. The van der Waals surface area contributed by atoms with E-state index in [1.807, 2.05) is 24.3 Å². The second kappa shape index (κ2) is 5.51. The van der Waals surface area contributed by atoms with Crippen LogP contribution in [0, 0.1) is 23.0 Å². The standard InChI is InChI=1S/C16H8F2N2S/c17-13-6-5-11(8-14(13)18)21-16-7-10(9-19)12-3-1-2-4-15(12)20-16/h1-8H. The zero-order chi connectivity index (χ0) is 14.8. The van der Waals surface area contributed by atoms with Gasteiger partial charge < -0.3 is 0 Å². The number of rotatable bonds is 2. The zero-order valence-corrected chi connectivity index (χ0v) is 11.5. The number of hydrogen-bond donors (Lipinski definition) is 0. The van der Waals surface area contributed by atoms with Crippen molar-refractivity contribution in [3.8, 4) is 6.07 Å². The predicted octanol–water partition coefficient (Wildman–Crippen LogP) is 4.54. The molecule has 0 aliphatic heterocycles. The summed E-state index contributed by atoms with van der Waals surface area (Å²) in [7, 11) is 0. The molecule has 0 unspecified atom stereocenters. The van der Waals surface area contributed by atoms with E-state index in [9.17, 15) is 14.0 Å². The van der Waals surface area contributed by atoms with Crippen molar-refractivity contribution in [3.63, 3.8) is 0 Å². The molecule has 0 aliphatic rings. The normalized spacial score (nSPS) is 10.5. The van der Waals surface area contributed by atoms with Crippen molar-refractivity contribution in [2.24, 2.45) is 0 Å². The number of nitriles is 1. The molecule has 0 bridgehead atoms. The highest BCUT2D eigenvalue weighted by Crippen LogP contribution is 2.30. The summed E-state index contributed by atoms with van der Waals surface area (Å²) in [6.45, 7) is 0. The van der Waals surface area contributed by atoms with Gasteiger partial charge in [0.05, 0.1) is 17.1 Å². The number of benzene rings is 2. The van der Waals surface area contributed by atoms with Gasteiger partial charge in [-0.1, -0.05) is 30.0 Å². The van der Waals surface area contributed by atoms with Gasteiger partial charge in [-0.15, -0.1) is 0 Å². The topological polar surface area (TPSA) is 36.7 Å². The predicted molar refractivity (Wildman–Crippen MR) is 76.9 cm³/mol. The Labute approximate surface area is 124 Å². The van der Waals surface area contributed by atoms with E-state index in [4.69, 9.17) is 0 Å². The molecule has 3 aromatic rings. The van der Waals surface area contributed by atoms with E-state index in [-0.39, 0.29) is 0 Å². The van der Waals surface area contributed by atoms with Crippen molar-refractivity contribution in [3.05, 3.63) is 65.7 Å². The molecule has 0 spiro atoms. The molecule has 5 heteroatoms. The van der Waals surface area contributed by atoms with Gasteiger partial charge in [-0.25, -0.2) is 13.8 Å². The third-order valence-corrected chi connectivity index (χ3v) is 3.83. The number of para-hydroxylation sites is 1. The number of pyridine rings is 1. The van der Waals surface area contributed by atoms with Gasteiger partial charge in [0.25, 0.3) is 0 Å². The first-order valence-corrected chi connectivity index (χ1v) is 6.92. The van der Waals surface area contributed by atoms with Crippen molar-refractivity contribution >= 4 is 22.7 Å². The molecular formula is C16H8F2N2S. The van der Waals surface area contributed by atoms with E-state index in [1.54, 1.807) is 6.07 Å². The monoisotopic (exact) mass is 298 g/mol. The Kier molecular flexibility index (Phi) is 3.55. The summed E-state index contributed by atoms with van der Waals surface area (Å²) in [5, 5.41) is 10.5. The lowest BCUT2D eigenvalue weighted by Gasteiger charge is -2.05. The molecule has 0 aliphatic carbocycles. The molecule has 102 valence electrons. The van der Waals surface area contributed by atoms with Crippen LogP contribution in [0.4, 0.5) is 8.78 Å². The van der Waals surface area contributed by atoms with Crippen LogP contribution in [0.25, 0.3) is 10.9 Å². The van der Waals surface area contributed by atoms with Gasteiger partial charge in [-0.05, 0) is 30.3 Å². The number of aromatic nitrogens is 1. The van der Waals surface area contributed by atoms with Crippen LogP contribution in [0.3, 0.4) is 0 Å². The molecule has 0 N–H and O–H groups in total. The molecule has 0 atom stereocenters. The van der Waals surface area contributed by atoms with Gasteiger partial charge in [0.15, 0.2) is 11.6 Å². The number of fused-ring (bicyclic) bond motifs is 1. The molecular weight excluding hydrogens is 290 g/mol. The molecule has 1 aromatic heterocycles. The van der Waals surface area contributed by atoms with Gasteiger partial charge >= 0.3 is 0 Å². The van der Waals surface area contributed by atoms with Gasteiger partial charge in [0.1, 0.15) is 5.03 Å². The van der Waals surface area contributed by atoms with Crippen molar-refractivity contribution in [1.29, 1.82) is 5.26 Å². The lowest BCUT2D eigenvalue weighted by molar-refractivity contribution is 0.506. The maximum Gasteiger partial charge on any atom is 0.159 e. The van der Waals surface area contributed by atoms with E-state index in [0.29, 0.717) is 21.0 Å². The van der Waals surface area contributed by atoms with Crippen molar-refractivity contribution in [2.45, 2.75) is 9.92 Å². The van der Waals surface area contributed by atoms with Crippen LogP contribution < -0.4 is 0 Å². The maximum atomic E-state index is 13.2. The van der Waals surface area contributed by atoms with Crippen LogP contribution in [0.5, 0.6) is 0 Å². The molecule has 0 saturated carbocycles. The van der Waals surface area contributed by atoms with Crippen LogP contribution >= 0.6 is 11.8 Å². The summed E-state index contributed by atoms with van der Waals surface area (Å²) in [4.78, 5) is 4.96. The van der Waals surface area contributed by atoms with E-state index < -0.39 is 11.6 Å². The fourth-order valence-corrected chi connectivity index (χ4v) is 2.82. The summed E-state index contributed by atoms with van der Waals surface area (Å²) in [5.41, 5.74) is 1.20. The summed E-state index contributed by atoms with van der Waals surface area (Å²) in [6, 6.07) is 14.8. The van der Waals surface area contributed by atoms with E-state index in [2.05, 4.69) is 11.1 Å². The lowest BCUT2D eigenvalue weighted by atomic mass is 10.1. The average Bonchev–Trinajstić information content (AvgIpc) is 2.50. The largest absolute Gasteiger partial charge is 0.241 e. The van der Waals surface area contributed by atoms with Crippen LogP contribution in [-0.2, 0) is 0 Å². The SMILES string of the molecule is N#Cc1cc(Sc2ccc(F)c(F)c2)nc2ccccc12. The Morgan fingerprint density at radius 3 is 2.57 bits per heavy atom. The fourth-order valence-electron chi connectivity index (χ4n) is 1.96. The molecule has 2 aromatic carbocycles. The Balaban J connectivity index is 2.04. The first-order valence-electron chi connectivity index (χ1n) is 6.10. The molecule has 3 rings (SSSR count). The highest BCUT2D eigenvalue weighted by atomic mass is 32.2. The zero-order valence-electron chi connectivity index (χ0n) is 10.7. The first kappa shape index (κ1) is 13.5. The molecule has 0 saturated heterocycles. The molecule has 0 amide bonds. The smallest absolute Gasteiger partial charge is 0.159 e. The van der Waals surface area contributed by atoms with E-state index in [0.717, 1.165) is 17.5 Å². The highest BCUT2D eigenvalue weighted by molar-refractivity contribution is 7.99. The minimum atomic E-state index is -0.902. The van der Waals surface area contributed by atoms with Crippen LogP contribution in [0.15, 0.2) is 58.5 Å².